The number of nitrogens with one attached hydrogen (secondary N) is 1. The zero-order valence-electron chi connectivity index (χ0n) is 13.0. The van der Waals surface area contributed by atoms with Crippen LogP contribution in [-0.2, 0) is 26.5 Å². The van der Waals surface area contributed by atoms with E-state index in [1.807, 2.05) is 6.07 Å². The molecule has 0 bridgehead atoms. The summed E-state index contributed by atoms with van der Waals surface area (Å²) in [5.74, 6) is -4.57. The Labute approximate surface area is 150 Å². The summed E-state index contributed by atoms with van der Waals surface area (Å²) in [6, 6.07) is 6.74. The van der Waals surface area contributed by atoms with Gasteiger partial charge in [-0.2, -0.15) is 5.26 Å². The van der Waals surface area contributed by atoms with Crippen LogP contribution in [0, 0.1) is 17.2 Å². The normalized spacial score (nSPS) is 24.1. The van der Waals surface area contributed by atoms with Gasteiger partial charge in [0.15, 0.2) is 5.79 Å². The second-order valence-electron chi connectivity index (χ2n) is 6.06. The molecule has 1 aliphatic heterocycles. The van der Waals surface area contributed by atoms with E-state index in [1.54, 1.807) is 18.2 Å². The van der Waals surface area contributed by atoms with Crippen LogP contribution < -0.4 is 11.1 Å². The van der Waals surface area contributed by atoms with E-state index < -0.39 is 17.6 Å². The summed E-state index contributed by atoms with van der Waals surface area (Å²) < 4.78 is 39.6. The van der Waals surface area contributed by atoms with Gasteiger partial charge in [0, 0.05) is 48.8 Å². The quantitative estimate of drug-likeness (QED) is 0.624. The maximum absolute atomic E-state index is 14.2. The molecule has 1 saturated heterocycles. The van der Waals surface area contributed by atoms with Crippen molar-refractivity contribution in [2.45, 2.75) is 31.0 Å². The maximum atomic E-state index is 14.2. The minimum atomic E-state index is -2.78. The standard InChI is InChI=1S/C16H19F2N3O2.Fe/c17-16(18)4-3-15(22-5-6-23-15)8-12(16)10-21-14-7-11(9-19)1-2-13(14)20;/h1-2,7,12,21H,3-6,8,10,20H2;/t12-;/m1./s1. The van der Waals surface area contributed by atoms with Crippen molar-refractivity contribution in [1.29, 1.82) is 5.26 Å². The van der Waals surface area contributed by atoms with E-state index in [2.05, 4.69) is 5.32 Å². The number of rotatable bonds is 3. The van der Waals surface area contributed by atoms with Gasteiger partial charge in [-0.25, -0.2) is 8.78 Å². The SMILES string of the molecule is N#Cc1ccc(N)c(NC[C@H]2CC3(CCC2(F)F)OCCO3)c1.[Fe]. The van der Waals surface area contributed by atoms with Gasteiger partial charge in [0.05, 0.1) is 36.2 Å². The Morgan fingerprint density at radius 2 is 2.00 bits per heavy atom. The van der Waals surface area contributed by atoms with E-state index >= 15 is 0 Å². The first-order valence-corrected chi connectivity index (χ1v) is 7.63. The molecular weight excluding hydrogens is 360 g/mol. The fourth-order valence-corrected chi connectivity index (χ4v) is 3.18. The maximum Gasteiger partial charge on any atom is 0.253 e. The summed E-state index contributed by atoms with van der Waals surface area (Å²) in [6.07, 6.45) is 0.0977. The first kappa shape index (κ1) is 18.9. The van der Waals surface area contributed by atoms with E-state index in [1.165, 1.54) is 0 Å². The van der Waals surface area contributed by atoms with Crippen molar-refractivity contribution in [3.8, 4) is 6.07 Å². The minimum absolute atomic E-state index is 0. The second kappa shape index (κ2) is 7.24. The number of hydrogen-bond acceptors (Lipinski definition) is 5. The number of benzene rings is 1. The molecule has 3 rings (SSSR count). The van der Waals surface area contributed by atoms with Gasteiger partial charge in [-0.05, 0) is 18.2 Å². The number of nitriles is 1. The largest absolute Gasteiger partial charge is 0.397 e. The number of alkyl halides is 2. The Bertz CT molecular complexity index is 630. The van der Waals surface area contributed by atoms with Crippen LogP contribution in [0.3, 0.4) is 0 Å². The minimum Gasteiger partial charge on any atom is -0.397 e. The molecule has 1 aliphatic carbocycles. The van der Waals surface area contributed by atoms with Crippen molar-refractivity contribution in [1.82, 2.24) is 0 Å². The molecule has 5 nitrogen and oxygen atoms in total. The predicted molar refractivity (Wildman–Crippen MR) is 81.0 cm³/mol. The molecule has 0 aromatic heterocycles. The van der Waals surface area contributed by atoms with Crippen LogP contribution in [-0.4, -0.2) is 31.5 Å². The Hall–Kier alpha value is -1.39. The zero-order valence-corrected chi connectivity index (χ0v) is 14.1. The number of nitrogen functional groups attached to an aromatic ring is 1. The van der Waals surface area contributed by atoms with E-state index in [0.29, 0.717) is 30.2 Å². The summed E-state index contributed by atoms with van der Waals surface area (Å²) in [7, 11) is 0. The average Bonchev–Trinajstić information content (AvgIpc) is 2.99. The van der Waals surface area contributed by atoms with Crippen molar-refractivity contribution in [2.75, 3.05) is 30.8 Å². The molecule has 1 spiro atoms. The van der Waals surface area contributed by atoms with Gasteiger partial charge in [0.1, 0.15) is 0 Å². The molecule has 1 atom stereocenters. The first-order chi connectivity index (χ1) is 10.9. The third kappa shape index (κ3) is 3.81. The topological polar surface area (TPSA) is 80.3 Å². The molecule has 0 unspecified atom stereocenters. The van der Waals surface area contributed by atoms with Gasteiger partial charge >= 0.3 is 0 Å². The van der Waals surface area contributed by atoms with E-state index in [-0.39, 0.29) is 42.9 Å². The van der Waals surface area contributed by atoms with Gasteiger partial charge in [-0.1, -0.05) is 0 Å². The van der Waals surface area contributed by atoms with Crippen molar-refractivity contribution in [2.24, 2.45) is 5.92 Å². The number of nitrogens with zero attached hydrogens (tertiary/aromatic N) is 1. The Morgan fingerprint density at radius 1 is 1.29 bits per heavy atom. The Morgan fingerprint density at radius 3 is 2.67 bits per heavy atom. The molecule has 2 aliphatic rings. The summed E-state index contributed by atoms with van der Waals surface area (Å²) in [4.78, 5) is 0. The fourth-order valence-electron chi connectivity index (χ4n) is 3.18. The Balaban J connectivity index is 0.00000208. The Kier molecular flexibility index (Phi) is 5.71. The molecule has 1 aromatic carbocycles. The van der Waals surface area contributed by atoms with Crippen LogP contribution in [0.1, 0.15) is 24.8 Å². The average molecular weight is 379 g/mol. The molecule has 2 fully saturated rings. The van der Waals surface area contributed by atoms with Gasteiger partial charge < -0.3 is 20.5 Å². The molecular formula is C16H19F2FeN3O2. The number of ether oxygens (including phenoxy) is 2. The van der Waals surface area contributed by atoms with Crippen LogP contribution in [0.2, 0.25) is 0 Å². The summed E-state index contributed by atoms with van der Waals surface area (Å²) in [5, 5.41) is 11.9. The molecule has 1 heterocycles. The fraction of sp³-hybridized carbons (Fsp3) is 0.562. The number of halogens is 2. The summed E-state index contributed by atoms with van der Waals surface area (Å²) in [5.41, 5.74) is 7.18. The second-order valence-corrected chi connectivity index (χ2v) is 6.06. The van der Waals surface area contributed by atoms with Gasteiger partial charge in [-0.15, -0.1) is 0 Å². The smallest absolute Gasteiger partial charge is 0.253 e. The molecule has 132 valence electrons. The summed E-state index contributed by atoms with van der Waals surface area (Å²) >= 11 is 0. The molecule has 24 heavy (non-hydrogen) atoms. The van der Waals surface area contributed by atoms with Crippen LogP contribution in [0.25, 0.3) is 0 Å². The first-order valence-electron chi connectivity index (χ1n) is 7.63. The molecule has 8 heteroatoms. The molecule has 0 amide bonds. The molecule has 1 aromatic rings. The molecule has 3 N–H and O–H groups in total. The van der Waals surface area contributed by atoms with E-state index in [0.717, 1.165) is 0 Å². The number of nitrogens with two attached hydrogens (primary N) is 1. The van der Waals surface area contributed by atoms with Gasteiger partial charge in [0.25, 0.3) is 5.92 Å². The van der Waals surface area contributed by atoms with E-state index in [9.17, 15) is 8.78 Å². The van der Waals surface area contributed by atoms with Crippen molar-refractivity contribution < 1.29 is 35.3 Å². The molecule has 1 saturated carbocycles. The third-order valence-electron chi connectivity index (χ3n) is 4.53. The zero-order chi connectivity index (χ0) is 16.5. The van der Waals surface area contributed by atoms with Crippen LogP contribution in [0.5, 0.6) is 0 Å². The monoisotopic (exact) mass is 379 g/mol. The van der Waals surface area contributed by atoms with Crippen LogP contribution in [0.15, 0.2) is 18.2 Å². The van der Waals surface area contributed by atoms with Crippen LogP contribution in [0.4, 0.5) is 20.2 Å². The summed E-state index contributed by atoms with van der Waals surface area (Å²) in [6.45, 7) is 0.937. The van der Waals surface area contributed by atoms with Gasteiger partial charge in [-0.3, -0.25) is 0 Å². The van der Waals surface area contributed by atoms with Crippen LogP contribution >= 0.6 is 0 Å². The van der Waals surface area contributed by atoms with Crippen molar-refractivity contribution >= 4 is 11.4 Å². The number of anilines is 2. The number of hydrogen-bond donors (Lipinski definition) is 2. The van der Waals surface area contributed by atoms with Crippen molar-refractivity contribution in [3.05, 3.63) is 23.8 Å². The third-order valence-corrected chi connectivity index (χ3v) is 4.53. The van der Waals surface area contributed by atoms with E-state index in [4.69, 9.17) is 20.5 Å². The molecule has 0 radical (unpaired) electrons. The predicted octanol–water partition coefficient (Wildman–Crippen LogP) is 2.73. The van der Waals surface area contributed by atoms with Gasteiger partial charge in [0.2, 0.25) is 0 Å². The van der Waals surface area contributed by atoms with Crippen molar-refractivity contribution in [3.63, 3.8) is 0 Å².